The third-order valence-corrected chi connectivity index (χ3v) is 13.3. The first-order chi connectivity index (χ1) is 32.0. The van der Waals surface area contributed by atoms with Crippen LogP contribution >= 0.6 is 0 Å². The number of carbonyl (C=O) groups excluding carboxylic acids is 2. The molecule has 5 unspecified atom stereocenters. The van der Waals surface area contributed by atoms with Gasteiger partial charge >= 0.3 is 17.6 Å². The second-order valence-corrected chi connectivity index (χ2v) is 18.2. The van der Waals surface area contributed by atoms with Gasteiger partial charge in [0.15, 0.2) is 17.8 Å². The number of aliphatic hydroxyl groups excluding tert-OH is 3. The molecule has 4 aromatic carbocycles. The van der Waals surface area contributed by atoms with Crippen LogP contribution in [0, 0.1) is 17.8 Å². The smallest absolute Gasteiger partial charge is 0.340 e. The molecule has 344 valence electrons. The van der Waals surface area contributed by atoms with Gasteiger partial charge in [-0.2, -0.15) is 0 Å². The van der Waals surface area contributed by atoms with Gasteiger partial charge in [-0.05, 0) is 123 Å². The maximum absolute atomic E-state index is 14.8. The molecule has 0 spiro atoms. The second kappa shape index (κ2) is 20.6. The summed E-state index contributed by atoms with van der Waals surface area (Å²) in [6.07, 6.45) is 1.91. The third kappa shape index (κ3) is 10.2. The summed E-state index contributed by atoms with van der Waals surface area (Å²) in [4.78, 5) is 43.5. The Morgan fingerprint density at radius 1 is 0.864 bits per heavy atom. The van der Waals surface area contributed by atoms with Crippen molar-refractivity contribution in [3.63, 3.8) is 0 Å². The van der Waals surface area contributed by atoms with Gasteiger partial charge in [-0.1, -0.05) is 90.2 Å². The average Bonchev–Trinajstić information content (AvgIpc) is 3.29. The molecule has 5 aromatic rings. The zero-order valence-electron chi connectivity index (χ0n) is 37.9. The number of allylic oxidation sites excluding steroid dienone is 1. The third-order valence-electron chi connectivity index (χ3n) is 13.3. The Morgan fingerprint density at radius 3 is 2.44 bits per heavy atom. The van der Waals surface area contributed by atoms with Crippen LogP contribution in [0.3, 0.4) is 0 Å². The Balaban J connectivity index is 1.26. The molecule has 5 atom stereocenters. The molecule has 0 radical (unpaired) electrons. The van der Waals surface area contributed by atoms with E-state index in [1.54, 1.807) is 19.1 Å². The van der Waals surface area contributed by atoms with Crippen molar-refractivity contribution in [1.82, 2.24) is 0 Å². The van der Waals surface area contributed by atoms with E-state index in [0.29, 0.717) is 43.1 Å². The van der Waals surface area contributed by atoms with Crippen LogP contribution < -0.4 is 10.4 Å². The van der Waals surface area contributed by atoms with E-state index in [0.717, 1.165) is 35.1 Å². The second-order valence-electron chi connectivity index (χ2n) is 18.2. The van der Waals surface area contributed by atoms with Gasteiger partial charge < -0.3 is 38.7 Å². The standard InChI is InChI=1S/C55H58O11/c1-34(2)43-20-18-37-17-19-41-29-39(16-15-36-12-9-13-38(27-36)26-35-10-5-4-6-11-35)30-47(59)63-51-49-46(66-55(3,52(51)65-53(43)60)24-8-7-14-40(41)28-37)22-21-44-45(31-57)48(54(61)64-50(44)49)42(23-25-56)32-62-33-58/h4-6,9-13,17,19,21-22,27-28,39,42,51-52,56-58H,14-16,18,20,23-26,29-33H2,1-3H3. The largest absolute Gasteiger partial charge is 0.482 e. The highest BCUT2D eigenvalue weighted by molar-refractivity contribution is 5.90. The van der Waals surface area contributed by atoms with Crippen LogP contribution in [-0.4, -0.2) is 59.0 Å². The van der Waals surface area contributed by atoms with Crippen molar-refractivity contribution >= 4 is 22.9 Å². The minimum Gasteiger partial charge on any atom is -0.482 e. The van der Waals surface area contributed by atoms with E-state index in [9.17, 15) is 29.7 Å². The van der Waals surface area contributed by atoms with Crippen molar-refractivity contribution in [3.8, 4) is 17.6 Å². The fourth-order valence-corrected chi connectivity index (χ4v) is 9.89. The van der Waals surface area contributed by atoms with Crippen molar-refractivity contribution in [3.05, 3.63) is 157 Å². The van der Waals surface area contributed by atoms with Gasteiger partial charge in [0, 0.05) is 41.9 Å². The molecule has 11 heteroatoms. The van der Waals surface area contributed by atoms with Gasteiger partial charge in [-0.3, -0.25) is 4.79 Å². The van der Waals surface area contributed by atoms with Crippen molar-refractivity contribution in [2.24, 2.45) is 5.92 Å². The number of esters is 2. The molecule has 0 aliphatic carbocycles. The number of carbonyl (C=O) groups is 2. The highest BCUT2D eigenvalue weighted by Crippen LogP contribution is 2.49. The van der Waals surface area contributed by atoms with E-state index in [4.69, 9.17) is 23.4 Å². The maximum atomic E-state index is 14.8. The molecule has 4 heterocycles. The molecule has 11 nitrogen and oxygen atoms in total. The summed E-state index contributed by atoms with van der Waals surface area (Å²) in [6, 6.07) is 28.7. The van der Waals surface area contributed by atoms with Crippen molar-refractivity contribution in [2.75, 3.05) is 20.0 Å². The summed E-state index contributed by atoms with van der Waals surface area (Å²) in [6.45, 7) is 3.91. The van der Waals surface area contributed by atoms with E-state index in [1.807, 2.05) is 32.0 Å². The van der Waals surface area contributed by atoms with E-state index in [1.165, 1.54) is 16.7 Å². The minimum atomic E-state index is -1.35. The number of rotatable bonds is 12. The van der Waals surface area contributed by atoms with Crippen LogP contribution in [-0.2, 0) is 62.5 Å². The summed E-state index contributed by atoms with van der Waals surface area (Å²) >= 11 is 0. The van der Waals surface area contributed by atoms with Gasteiger partial charge in [0.25, 0.3) is 0 Å². The number of aliphatic hydroxyl groups is 3. The number of fused-ring (bicyclic) bond motifs is 7. The van der Waals surface area contributed by atoms with E-state index >= 15 is 0 Å². The van der Waals surface area contributed by atoms with Crippen LogP contribution in [0.5, 0.6) is 5.75 Å². The van der Waals surface area contributed by atoms with E-state index in [-0.39, 0.29) is 66.4 Å². The van der Waals surface area contributed by atoms with Crippen molar-refractivity contribution in [2.45, 2.75) is 115 Å². The Morgan fingerprint density at radius 2 is 1.67 bits per heavy atom. The fourth-order valence-electron chi connectivity index (χ4n) is 9.89. The van der Waals surface area contributed by atoms with Crippen LogP contribution in [0.2, 0.25) is 0 Å². The highest BCUT2D eigenvalue weighted by atomic mass is 16.6. The first-order valence-electron chi connectivity index (χ1n) is 22.9. The van der Waals surface area contributed by atoms with E-state index in [2.05, 4.69) is 66.4 Å². The first-order valence-corrected chi connectivity index (χ1v) is 22.9. The number of benzene rings is 4. The Labute approximate surface area is 385 Å². The lowest BCUT2D eigenvalue weighted by molar-refractivity contribution is -0.190. The highest BCUT2D eigenvalue weighted by Gasteiger charge is 2.53. The van der Waals surface area contributed by atoms with Crippen LogP contribution in [0.25, 0.3) is 11.0 Å². The van der Waals surface area contributed by atoms with Crippen LogP contribution in [0.1, 0.15) is 115 Å². The van der Waals surface area contributed by atoms with Crippen LogP contribution in [0.4, 0.5) is 0 Å². The summed E-state index contributed by atoms with van der Waals surface area (Å²) in [5, 5.41) is 30.6. The van der Waals surface area contributed by atoms with Crippen LogP contribution in [0.15, 0.2) is 105 Å². The molecule has 0 saturated carbocycles. The first kappa shape index (κ1) is 46.5. The molecule has 1 aromatic heterocycles. The molecule has 66 heavy (non-hydrogen) atoms. The predicted octanol–water partition coefficient (Wildman–Crippen LogP) is 8.07. The summed E-state index contributed by atoms with van der Waals surface area (Å²) in [5.74, 6) is 4.96. The van der Waals surface area contributed by atoms with Gasteiger partial charge in [0.05, 0.1) is 25.2 Å². The molecule has 3 aliphatic heterocycles. The lowest BCUT2D eigenvalue weighted by Gasteiger charge is -2.44. The molecule has 0 amide bonds. The Hall–Kier alpha value is -6.03. The fraction of sp³-hybridized carbons (Fsp3) is 0.400. The molecule has 5 bridgehead atoms. The number of hydrogen-bond donors (Lipinski definition) is 3. The predicted molar refractivity (Wildman–Crippen MR) is 249 cm³/mol. The molecule has 0 fully saturated rings. The number of hydrogen-bond acceptors (Lipinski definition) is 11. The maximum Gasteiger partial charge on any atom is 0.340 e. The molecule has 3 N–H and O–H groups in total. The monoisotopic (exact) mass is 894 g/mol. The molecule has 0 saturated heterocycles. The SMILES string of the molecule is CC(C)=C1CCc2ccc3c(c2)CC#CCC2(C)Oc4ccc5c(CO)c(C(CCO)COCO)c(=O)oc5c4C(OC(=O)CC(CCc4cccc(Cc5ccccc5)c4)C3)C2OC1=O. The van der Waals surface area contributed by atoms with Gasteiger partial charge in [-0.15, -0.1) is 0 Å². The quantitative estimate of drug-likeness (QED) is 0.0365. The Bertz CT molecular complexity index is 2740. The summed E-state index contributed by atoms with van der Waals surface area (Å²) in [5.41, 5.74) is 6.45. The lowest BCUT2D eigenvalue weighted by Crippen LogP contribution is -2.54. The Kier molecular flexibility index (Phi) is 14.5. The zero-order valence-corrected chi connectivity index (χ0v) is 37.9. The number of ether oxygens (including phenoxy) is 4. The zero-order chi connectivity index (χ0) is 46.4. The molecule has 3 aliphatic rings. The van der Waals surface area contributed by atoms with E-state index < -0.39 is 54.7 Å². The topological polar surface area (TPSA) is 162 Å². The normalized spacial score (nSPS) is 21.1. The summed E-state index contributed by atoms with van der Waals surface area (Å²) in [7, 11) is 0. The molecule has 8 rings (SSSR count). The summed E-state index contributed by atoms with van der Waals surface area (Å²) < 4.78 is 31.4. The van der Waals surface area contributed by atoms with Gasteiger partial charge in [-0.25, -0.2) is 9.59 Å². The molecular weight excluding hydrogens is 837 g/mol. The van der Waals surface area contributed by atoms with Crippen molar-refractivity contribution < 1.29 is 48.3 Å². The van der Waals surface area contributed by atoms with Gasteiger partial charge in [0.2, 0.25) is 0 Å². The molecular formula is C55H58O11. The number of aryl methyl sites for hydroxylation is 2. The lowest BCUT2D eigenvalue weighted by atomic mass is 9.82. The van der Waals surface area contributed by atoms with Crippen molar-refractivity contribution in [1.29, 1.82) is 0 Å². The minimum absolute atomic E-state index is 0.00261. The van der Waals surface area contributed by atoms with Gasteiger partial charge in [0.1, 0.15) is 18.1 Å². The average molecular weight is 895 g/mol.